The van der Waals surface area contributed by atoms with Gasteiger partial charge in [-0.2, -0.15) is 0 Å². The summed E-state index contributed by atoms with van der Waals surface area (Å²) in [5.74, 6) is 1.61. The summed E-state index contributed by atoms with van der Waals surface area (Å²) in [4.78, 5) is 2.47. The molecule has 0 spiro atoms. The monoisotopic (exact) mass is 184 g/mol. The Labute approximate surface area is 82.5 Å². The zero-order valence-corrected chi connectivity index (χ0v) is 9.46. The van der Waals surface area contributed by atoms with E-state index in [2.05, 4.69) is 32.7 Å². The Hall–Kier alpha value is -0.0800. The van der Waals surface area contributed by atoms with Crippen LogP contribution in [0.2, 0.25) is 0 Å². The third-order valence-corrected chi connectivity index (χ3v) is 3.48. The molecule has 0 bridgehead atoms. The van der Waals surface area contributed by atoms with Gasteiger partial charge < -0.3 is 5.73 Å². The quantitative estimate of drug-likeness (QED) is 0.704. The van der Waals surface area contributed by atoms with E-state index in [1.807, 2.05) is 0 Å². The van der Waals surface area contributed by atoms with E-state index in [4.69, 9.17) is 5.73 Å². The van der Waals surface area contributed by atoms with Crippen molar-refractivity contribution in [1.82, 2.24) is 4.90 Å². The molecule has 0 aromatic carbocycles. The van der Waals surface area contributed by atoms with E-state index in [9.17, 15) is 0 Å². The predicted molar refractivity (Wildman–Crippen MR) is 57.6 cm³/mol. The molecule has 1 aliphatic carbocycles. The fraction of sp³-hybridized carbons (Fsp3) is 1.00. The molecular weight excluding hydrogens is 160 g/mol. The van der Waals surface area contributed by atoms with Crippen molar-refractivity contribution in [3.05, 3.63) is 0 Å². The van der Waals surface area contributed by atoms with Gasteiger partial charge >= 0.3 is 0 Å². The molecular formula is C11H24N2. The molecule has 1 rings (SSSR count). The molecule has 0 heterocycles. The lowest BCUT2D eigenvalue weighted by atomic mass is 10.0. The summed E-state index contributed by atoms with van der Waals surface area (Å²) in [6.45, 7) is 7.63. The second kappa shape index (κ2) is 4.43. The van der Waals surface area contributed by atoms with Crippen molar-refractivity contribution < 1.29 is 0 Å². The maximum atomic E-state index is 5.79. The van der Waals surface area contributed by atoms with Crippen LogP contribution >= 0.6 is 0 Å². The summed E-state index contributed by atoms with van der Waals surface area (Å²) >= 11 is 0. The lowest BCUT2D eigenvalue weighted by molar-refractivity contribution is 0.136. The molecule has 2 heteroatoms. The zero-order chi connectivity index (χ0) is 10.0. The molecule has 2 unspecified atom stereocenters. The zero-order valence-electron chi connectivity index (χ0n) is 9.46. The van der Waals surface area contributed by atoms with Gasteiger partial charge in [0.05, 0.1) is 0 Å². The average Bonchev–Trinajstić information content (AvgIpc) is 2.85. The van der Waals surface area contributed by atoms with Gasteiger partial charge in [0.15, 0.2) is 0 Å². The van der Waals surface area contributed by atoms with Crippen molar-refractivity contribution in [1.29, 1.82) is 0 Å². The van der Waals surface area contributed by atoms with Gasteiger partial charge in [0, 0.05) is 18.6 Å². The third kappa shape index (κ3) is 2.68. The molecule has 1 aliphatic rings. The average molecular weight is 184 g/mol. The Kier molecular flexibility index (Phi) is 3.74. The topological polar surface area (TPSA) is 29.3 Å². The number of likely N-dealkylation sites (N-methyl/N-ethyl adjacent to an activating group) is 1. The van der Waals surface area contributed by atoms with Crippen molar-refractivity contribution in [3.8, 4) is 0 Å². The van der Waals surface area contributed by atoms with E-state index in [-0.39, 0.29) is 0 Å². The highest BCUT2D eigenvalue weighted by Gasteiger charge is 2.33. The minimum absolute atomic E-state index is 0.551. The van der Waals surface area contributed by atoms with Gasteiger partial charge in [-0.3, -0.25) is 4.90 Å². The first-order chi connectivity index (χ1) is 6.07. The van der Waals surface area contributed by atoms with Crippen LogP contribution in [0.25, 0.3) is 0 Å². The Morgan fingerprint density at radius 1 is 1.31 bits per heavy atom. The number of hydrogen-bond acceptors (Lipinski definition) is 2. The Morgan fingerprint density at radius 3 is 2.15 bits per heavy atom. The van der Waals surface area contributed by atoms with Crippen molar-refractivity contribution in [3.63, 3.8) is 0 Å². The molecule has 0 saturated heterocycles. The minimum atomic E-state index is 0.551. The van der Waals surface area contributed by atoms with Crippen molar-refractivity contribution in [2.75, 3.05) is 13.6 Å². The highest BCUT2D eigenvalue weighted by Crippen LogP contribution is 2.35. The van der Waals surface area contributed by atoms with Gasteiger partial charge in [-0.25, -0.2) is 0 Å². The first-order valence-corrected chi connectivity index (χ1v) is 5.50. The van der Waals surface area contributed by atoms with Crippen LogP contribution in [-0.2, 0) is 0 Å². The summed E-state index contributed by atoms with van der Waals surface area (Å²) in [5.41, 5.74) is 5.79. The van der Waals surface area contributed by atoms with Crippen LogP contribution in [0.4, 0.5) is 0 Å². The highest BCUT2D eigenvalue weighted by molar-refractivity contribution is 4.87. The SMILES string of the molecule is CC(C)C(CN)N(C)C(C)C1CC1. The molecule has 0 amide bonds. The molecule has 0 aliphatic heterocycles. The second-order valence-electron chi connectivity index (χ2n) is 4.79. The van der Waals surface area contributed by atoms with E-state index in [1.165, 1.54) is 12.8 Å². The molecule has 0 radical (unpaired) electrons. The first kappa shape index (κ1) is 11.0. The number of rotatable bonds is 5. The smallest absolute Gasteiger partial charge is 0.0241 e. The predicted octanol–water partition coefficient (Wildman–Crippen LogP) is 1.70. The second-order valence-corrected chi connectivity index (χ2v) is 4.79. The van der Waals surface area contributed by atoms with Crippen LogP contribution in [0.15, 0.2) is 0 Å². The third-order valence-electron chi connectivity index (χ3n) is 3.48. The van der Waals surface area contributed by atoms with Crippen LogP contribution in [-0.4, -0.2) is 30.6 Å². The molecule has 2 N–H and O–H groups in total. The van der Waals surface area contributed by atoms with Crippen LogP contribution < -0.4 is 5.73 Å². The normalized spacial score (nSPS) is 22.4. The number of nitrogens with zero attached hydrogens (tertiary/aromatic N) is 1. The lowest BCUT2D eigenvalue weighted by Crippen LogP contribution is -2.46. The molecule has 2 nitrogen and oxygen atoms in total. The molecule has 1 saturated carbocycles. The van der Waals surface area contributed by atoms with Crippen LogP contribution in [0.5, 0.6) is 0 Å². The van der Waals surface area contributed by atoms with Gasteiger partial charge in [-0.15, -0.1) is 0 Å². The largest absolute Gasteiger partial charge is 0.329 e. The summed E-state index contributed by atoms with van der Waals surface area (Å²) in [6, 6.07) is 1.27. The highest BCUT2D eigenvalue weighted by atomic mass is 15.2. The summed E-state index contributed by atoms with van der Waals surface area (Å²) in [7, 11) is 2.22. The summed E-state index contributed by atoms with van der Waals surface area (Å²) in [5, 5.41) is 0. The fourth-order valence-corrected chi connectivity index (χ4v) is 2.12. The van der Waals surface area contributed by atoms with E-state index in [1.54, 1.807) is 0 Å². The van der Waals surface area contributed by atoms with E-state index in [0.717, 1.165) is 18.5 Å². The van der Waals surface area contributed by atoms with Gasteiger partial charge in [0.1, 0.15) is 0 Å². The Balaban J connectivity index is 2.46. The van der Waals surface area contributed by atoms with Gasteiger partial charge in [0.25, 0.3) is 0 Å². The van der Waals surface area contributed by atoms with E-state index < -0.39 is 0 Å². The van der Waals surface area contributed by atoms with E-state index >= 15 is 0 Å². The summed E-state index contributed by atoms with van der Waals surface area (Å²) < 4.78 is 0. The molecule has 0 aromatic heterocycles. The van der Waals surface area contributed by atoms with Gasteiger partial charge in [-0.1, -0.05) is 13.8 Å². The minimum Gasteiger partial charge on any atom is -0.329 e. The number of nitrogens with two attached hydrogens (primary N) is 1. The molecule has 78 valence electrons. The van der Waals surface area contributed by atoms with Crippen molar-refractivity contribution in [2.45, 2.75) is 45.7 Å². The van der Waals surface area contributed by atoms with Crippen molar-refractivity contribution >= 4 is 0 Å². The van der Waals surface area contributed by atoms with Crippen LogP contribution in [0, 0.1) is 11.8 Å². The lowest BCUT2D eigenvalue weighted by Gasteiger charge is -2.35. The molecule has 1 fully saturated rings. The van der Waals surface area contributed by atoms with Crippen molar-refractivity contribution in [2.24, 2.45) is 17.6 Å². The standard InChI is InChI=1S/C11H24N2/c1-8(2)11(7-12)13(4)9(3)10-5-6-10/h8-11H,5-7,12H2,1-4H3. The van der Waals surface area contributed by atoms with Gasteiger partial charge in [0.2, 0.25) is 0 Å². The molecule has 0 aromatic rings. The van der Waals surface area contributed by atoms with Crippen LogP contribution in [0.3, 0.4) is 0 Å². The maximum Gasteiger partial charge on any atom is 0.0241 e. The van der Waals surface area contributed by atoms with E-state index in [0.29, 0.717) is 12.0 Å². The summed E-state index contributed by atoms with van der Waals surface area (Å²) in [6.07, 6.45) is 2.84. The Bertz CT molecular complexity index is 152. The Morgan fingerprint density at radius 2 is 1.85 bits per heavy atom. The van der Waals surface area contributed by atoms with Crippen LogP contribution in [0.1, 0.15) is 33.6 Å². The van der Waals surface area contributed by atoms with Gasteiger partial charge in [-0.05, 0) is 38.6 Å². The fourth-order valence-electron chi connectivity index (χ4n) is 2.12. The maximum absolute atomic E-state index is 5.79. The number of hydrogen-bond donors (Lipinski definition) is 1. The molecule has 2 atom stereocenters. The molecule has 13 heavy (non-hydrogen) atoms. The first-order valence-electron chi connectivity index (χ1n) is 5.50.